The summed E-state index contributed by atoms with van der Waals surface area (Å²) in [5, 5.41) is 0. The van der Waals surface area contributed by atoms with E-state index in [-0.39, 0.29) is 11.9 Å². The molecule has 0 bridgehead atoms. The molecule has 0 aliphatic heterocycles. The number of carbonyl (C=O) groups excluding carboxylic acids is 1. The number of nitrogens with two attached hydrogens (primary N) is 1. The zero-order valence-electron chi connectivity index (χ0n) is 10.5. The van der Waals surface area contributed by atoms with Crippen molar-refractivity contribution in [3.63, 3.8) is 0 Å². The fourth-order valence-electron chi connectivity index (χ4n) is 1.25. The predicted octanol–water partition coefficient (Wildman–Crippen LogP) is 0.524. The minimum absolute atomic E-state index is 0.184. The van der Waals surface area contributed by atoms with Crippen LogP contribution in [0.4, 0.5) is 0 Å². The second-order valence-electron chi connectivity index (χ2n) is 4.11. The van der Waals surface area contributed by atoms with E-state index in [1.54, 1.807) is 4.90 Å². The lowest BCUT2D eigenvalue weighted by Crippen LogP contribution is -2.41. The molecular formula is C11H25N3O. The Morgan fingerprint density at radius 2 is 2.00 bits per heavy atom. The standard InChI is InChI=1S/C11H25N3O/c1-5-14(8-6-7-12)9-11(15)13(4)10(2)3/h10H,5-9,12H2,1-4H3. The number of amides is 1. The summed E-state index contributed by atoms with van der Waals surface area (Å²) in [5.74, 6) is 0.184. The van der Waals surface area contributed by atoms with Crippen LogP contribution in [-0.4, -0.2) is 55.0 Å². The van der Waals surface area contributed by atoms with E-state index in [0.717, 1.165) is 19.5 Å². The maximum absolute atomic E-state index is 11.8. The fraction of sp³-hybridized carbons (Fsp3) is 0.909. The normalized spacial score (nSPS) is 11.1. The molecule has 15 heavy (non-hydrogen) atoms. The predicted molar refractivity (Wildman–Crippen MR) is 63.7 cm³/mol. The lowest BCUT2D eigenvalue weighted by molar-refractivity contribution is -0.132. The third-order valence-corrected chi connectivity index (χ3v) is 2.65. The Balaban J connectivity index is 4.00. The van der Waals surface area contributed by atoms with Gasteiger partial charge in [-0.1, -0.05) is 6.92 Å². The first-order chi connectivity index (χ1) is 7.02. The summed E-state index contributed by atoms with van der Waals surface area (Å²) in [5.41, 5.74) is 5.45. The van der Waals surface area contributed by atoms with Gasteiger partial charge < -0.3 is 10.6 Å². The van der Waals surface area contributed by atoms with E-state index in [1.807, 2.05) is 20.9 Å². The maximum atomic E-state index is 11.8. The van der Waals surface area contributed by atoms with Crippen molar-refractivity contribution in [2.45, 2.75) is 33.2 Å². The molecule has 90 valence electrons. The summed E-state index contributed by atoms with van der Waals surface area (Å²) in [4.78, 5) is 15.7. The highest BCUT2D eigenvalue weighted by Gasteiger charge is 2.14. The number of likely N-dealkylation sites (N-methyl/N-ethyl adjacent to an activating group) is 2. The van der Waals surface area contributed by atoms with Gasteiger partial charge in [-0.2, -0.15) is 0 Å². The van der Waals surface area contributed by atoms with Gasteiger partial charge in [0.25, 0.3) is 0 Å². The third-order valence-electron chi connectivity index (χ3n) is 2.65. The molecule has 0 heterocycles. The first-order valence-electron chi connectivity index (χ1n) is 5.71. The molecule has 0 radical (unpaired) electrons. The molecule has 0 aliphatic rings. The SMILES string of the molecule is CCN(CCCN)CC(=O)N(C)C(C)C. The van der Waals surface area contributed by atoms with Crippen molar-refractivity contribution in [3.8, 4) is 0 Å². The summed E-state index contributed by atoms with van der Waals surface area (Å²) in [7, 11) is 1.85. The molecule has 0 spiro atoms. The van der Waals surface area contributed by atoms with Crippen LogP contribution in [0.5, 0.6) is 0 Å². The summed E-state index contributed by atoms with van der Waals surface area (Å²) in [6.45, 7) is 9.11. The Kier molecular flexibility index (Phi) is 7.34. The van der Waals surface area contributed by atoms with Crippen molar-refractivity contribution in [1.82, 2.24) is 9.80 Å². The molecule has 0 saturated carbocycles. The van der Waals surface area contributed by atoms with E-state index in [4.69, 9.17) is 5.73 Å². The molecule has 1 amide bonds. The van der Waals surface area contributed by atoms with Crippen molar-refractivity contribution in [1.29, 1.82) is 0 Å². The molecule has 0 atom stereocenters. The van der Waals surface area contributed by atoms with Crippen LogP contribution in [0.2, 0.25) is 0 Å². The Morgan fingerprint density at radius 1 is 1.40 bits per heavy atom. The number of hydrogen-bond donors (Lipinski definition) is 1. The molecule has 0 fully saturated rings. The molecule has 2 N–H and O–H groups in total. The zero-order valence-corrected chi connectivity index (χ0v) is 10.5. The third kappa shape index (κ3) is 5.74. The van der Waals surface area contributed by atoms with Crippen molar-refractivity contribution >= 4 is 5.91 Å². The molecule has 0 aromatic rings. The van der Waals surface area contributed by atoms with E-state index in [2.05, 4.69) is 11.8 Å². The van der Waals surface area contributed by atoms with Gasteiger partial charge in [0, 0.05) is 13.1 Å². The van der Waals surface area contributed by atoms with Gasteiger partial charge in [0.1, 0.15) is 0 Å². The van der Waals surface area contributed by atoms with Crippen LogP contribution >= 0.6 is 0 Å². The average molecular weight is 215 g/mol. The molecule has 0 aliphatic carbocycles. The smallest absolute Gasteiger partial charge is 0.236 e. The second kappa shape index (κ2) is 7.65. The van der Waals surface area contributed by atoms with Gasteiger partial charge in [0.2, 0.25) is 5.91 Å². The molecule has 4 nitrogen and oxygen atoms in total. The highest BCUT2D eigenvalue weighted by Crippen LogP contribution is 1.98. The zero-order chi connectivity index (χ0) is 11.8. The average Bonchev–Trinajstić information content (AvgIpc) is 2.22. The monoisotopic (exact) mass is 215 g/mol. The van der Waals surface area contributed by atoms with Crippen molar-refractivity contribution < 1.29 is 4.79 Å². The van der Waals surface area contributed by atoms with Crippen LogP contribution in [0.1, 0.15) is 27.2 Å². The van der Waals surface area contributed by atoms with E-state index >= 15 is 0 Å². The Hall–Kier alpha value is -0.610. The Morgan fingerprint density at radius 3 is 2.40 bits per heavy atom. The molecule has 4 heteroatoms. The maximum Gasteiger partial charge on any atom is 0.236 e. The van der Waals surface area contributed by atoms with Gasteiger partial charge in [-0.05, 0) is 39.9 Å². The highest BCUT2D eigenvalue weighted by molar-refractivity contribution is 5.78. The Labute approximate surface area is 93.4 Å². The van der Waals surface area contributed by atoms with Crippen LogP contribution in [-0.2, 0) is 4.79 Å². The van der Waals surface area contributed by atoms with Gasteiger partial charge in [-0.15, -0.1) is 0 Å². The van der Waals surface area contributed by atoms with Gasteiger partial charge in [-0.25, -0.2) is 0 Å². The van der Waals surface area contributed by atoms with E-state index in [1.165, 1.54) is 0 Å². The molecule has 0 unspecified atom stereocenters. The van der Waals surface area contributed by atoms with Gasteiger partial charge >= 0.3 is 0 Å². The van der Waals surface area contributed by atoms with Gasteiger partial charge in [-0.3, -0.25) is 9.69 Å². The molecule has 0 aromatic heterocycles. The summed E-state index contributed by atoms with van der Waals surface area (Å²) in [6.07, 6.45) is 0.951. The second-order valence-corrected chi connectivity index (χ2v) is 4.11. The number of rotatable bonds is 7. The lowest BCUT2D eigenvalue weighted by atomic mass is 10.3. The number of nitrogens with zero attached hydrogens (tertiary/aromatic N) is 2. The molecule has 0 rings (SSSR count). The van der Waals surface area contributed by atoms with Crippen LogP contribution in [0, 0.1) is 0 Å². The topological polar surface area (TPSA) is 49.6 Å². The van der Waals surface area contributed by atoms with Crippen LogP contribution in [0.15, 0.2) is 0 Å². The van der Waals surface area contributed by atoms with E-state index < -0.39 is 0 Å². The minimum Gasteiger partial charge on any atom is -0.342 e. The van der Waals surface area contributed by atoms with Crippen LogP contribution < -0.4 is 5.73 Å². The molecule has 0 saturated heterocycles. The number of hydrogen-bond acceptors (Lipinski definition) is 3. The van der Waals surface area contributed by atoms with E-state index in [9.17, 15) is 4.79 Å². The van der Waals surface area contributed by atoms with Crippen LogP contribution in [0.25, 0.3) is 0 Å². The van der Waals surface area contributed by atoms with Crippen molar-refractivity contribution in [3.05, 3.63) is 0 Å². The highest BCUT2D eigenvalue weighted by atomic mass is 16.2. The largest absolute Gasteiger partial charge is 0.342 e. The lowest BCUT2D eigenvalue weighted by Gasteiger charge is -2.26. The van der Waals surface area contributed by atoms with Gasteiger partial charge in [0.05, 0.1) is 6.54 Å². The van der Waals surface area contributed by atoms with Crippen LogP contribution in [0.3, 0.4) is 0 Å². The summed E-state index contributed by atoms with van der Waals surface area (Å²) in [6, 6.07) is 0.269. The quantitative estimate of drug-likeness (QED) is 0.674. The van der Waals surface area contributed by atoms with E-state index in [0.29, 0.717) is 13.1 Å². The van der Waals surface area contributed by atoms with Gasteiger partial charge in [0.15, 0.2) is 0 Å². The minimum atomic E-state index is 0.184. The Bertz CT molecular complexity index is 183. The van der Waals surface area contributed by atoms with Crippen molar-refractivity contribution in [2.75, 3.05) is 33.2 Å². The molecule has 0 aromatic carbocycles. The first-order valence-corrected chi connectivity index (χ1v) is 5.71. The molecular weight excluding hydrogens is 190 g/mol. The first kappa shape index (κ1) is 14.4. The number of carbonyl (C=O) groups is 1. The van der Waals surface area contributed by atoms with Crippen molar-refractivity contribution in [2.24, 2.45) is 5.73 Å². The fourth-order valence-corrected chi connectivity index (χ4v) is 1.25. The summed E-state index contributed by atoms with van der Waals surface area (Å²) >= 11 is 0. The summed E-state index contributed by atoms with van der Waals surface area (Å²) < 4.78 is 0.